The zero-order valence-electron chi connectivity index (χ0n) is 6.70. The highest BCUT2D eigenvalue weighted by atomic mass is 16.5. The third-order valence-corrected chi connectivity index (χ3v) is 1.49. The fourth-order valence-corrected chi connectivity index (χ4v) is 0.871. The number of nitrogens with one attached hydrogen (secondary N) is 1. The molecule has 0 saturated heterocycles. The topological polar surface area (TPSA) is 50.1 Å². The molecule has 0 aromatic heterocycles. The second-order valence-corrected chi connectivity index (χ2v) is 2.28. The molecular weight excluding hydrogens is 154 g/mol. The number of hydrogen-bond donors (Lipinski definition) is 1. The maximum atomic E-state index is 10.4. The van der Waals surface area contributed by atoms with Crippen LogP contribution in [0, 0.1) is 5.41 Å². The van der Waals surface area contributed by atoms with Crippen LogP contribution < -0.4 is 0 Å². The number of carbonyl (C=O) groups is 1. The van der Waals surface area contributed by atoms with Gasteiger partial charge in [0.25, 0.3) is 0 Å². The van der Waals surface area contributed by atoms with Gasteiger partial charge in [-0.15, -0.1) is 0 Å². The molecule has 0 aliphatic rings. The standard InChI is InChI=1S/C9H9NO2/c1-12-9(10)8-4-2-3-7(5-8)6-11/h2-6,10H,1H3. The first-order valence-corrected chi connectivity index (χ1v) is 3.46. The maximum absolute atomic E-state index is 10.4. The van der Waals surface area contributed by atoms with Gasteiger partial charge in [0.15, 0.2) is 0 Å². The van der Waals surface area contributed by atoms with E-state index < -0.39 is 0 Å². The van der Waals surface area contributed by atoms with Crippen molar-refractivity contribution in [3.8, 4) is 0 Å². The van der Waals surface area contributed by atoms with Crippen molar-refractivity contribution in [3.05, 3.63) is 35.4 Å². The van der Waals surface area contributed by atoms with Crippen LogP contribution in [0.1, 0.15) is 15.9 Å². The normalized spacial score (nSPS) is 9.08. The van der Waals surface area contributed by atoms with Crippen LogP contribution in [0.3, 0.4) is 0 Å². The summed E-state index contributed by atoms with van der Waals surface area (Å²) in [6, 6.07) is 6.73. The van der Waals surface area contributed by atoms with Crippen molar-refractivity contribution in [1.82, 2.24) is 0 Å². The highest BCUT2D eigenvalue weighted by molar-refractivity contribution is 5.93. The van der Waals surface area contributed by atoms with E-state index in [-0.39, 0.29) is 5.90 Å². The predicted octanol–water partition coefficient (Wildman–Crippen LogP) is 1.47. The van der Waals surface area contributed by atoms with Gasteiger partial charge in [-0.1, -0.05) is 12.1 Å². The molecule has 0 amide bonds. The molecule has 0 unspecified atom stereocenters. The minimum Gasteiger partial charge on any atom is -0.481 e. The van der Waals surface area contributed by atoms with E-state index in [2.05, 4.69) is 0 Å². The highest BCUT2D eigenvalue weighted by Crippen LogP contribution is 2.03. The number of methoxy groups -OCH3 is 1. The van der Waals surface area contributed by atoms with E-state index in [9.17, 15) is 4.79 Å². The lowest BCUT2D eigenvalue weighted by atomic mass is 10.1. The Labute approximate surface area is 70.5 Å². The second kappa shape index (κ2) is 3.67. The Morgan fingerprint density at radius 3 is 2.92 bits per heavy atom. The molecule has 1 rings (SSSR count). The lowest BCUT2D eigenvalue weighted by molar-refractivity contribution is 0.112. The number of hydrogen-bond acceptors (Lipinski definition) is 3. The van der Waals surface area contributed by atoms with E-state index in [0.29, 0.717) is 11.1 Å². The van der Waals surface area contributed by atoms with Gasteiger partial charge in [-0.2, -0.15) is 0 Å². The largest absolute Gasteiger partial charge is 0.481 e. The molecule has 12 heavy (non-hydrogen) atoms. The number of ether oxygens (including phenoxy) is 1. The fraction of sp³-hybridized carbons (Fsp3) is 0.111. The zero-order chi connectivity index (χ0) is 8.97. The van der Waals surface area contributed by atoms with Crippen molar-refractivity contribution in [1.29, 1.82) is 5.41 Å². The Hall–Kier alpha value is -1.64. The minimum absolute atomic E-state index is 0.0682. The van der Waals surface area contributed by atoms with Crippen LogP contribution >= 0.6 is 0 Å². The number of aldehydes is 1. The molecule has 1 aromatic rings. The van der Waals surface area contributed by atoms with Gasteiger partial charge in [0.05, 0.1) is 7.11 Å². The maximum Gasteiger partial charge on any atom is 0.212 e. The number of carbonyl (C=O) groups excluding carboxylic acids is 1. The van der Waals surface area contributed by atoms with Crippen molar-refractivity contribution >= 4 is 12.2 Å². The van der Waals surface area contributed by atoms with E-state index in [1.807, 2.05) is 0 Å². The van der Waals surface area contributed by atoms with Gasteiger partial charge in [0, 0.05) is 11.1 Å². The summed E-state index contributed by atoms with van der Waals surface area (Å²) in [4.78, 5) is 10.4. The average Bonchev–Trinajstić information content (AvgIpc) is 2.17. The summed E-state index contributed by atoms with van der Waals surface area (Å²) in [5, 5.41) is 7.31. The van der Waals surface area contributed by atoms with Gasteiger partial charge < -0.3 is 4.74 Å². The van der Waals surface area contributed by atoms with Crippen molar-refractivity contribution in [2.24, 2.45) is 0 Å². The molecule has 3 heteroatoms. The monoisotopic (exact) mass is 163 g/mol. The third kappa shape index (κ3) is 1.69. The van der Waals surface area contributed by atoms with Crippen molar-refractivity contribution in [2.75, 3.05) is 7.11 Å². The molecule has 1 aromatic carbocycles. The van der Waals surface area contributed by atoms with Gasteiger partial charge in [-0.3, -0.25) is 10.2 Å². The smallest absolute Gasteiger partial charge is 0.212 e. The molecule has 0 aliphatic heterocycles. The van der Waals surface area contributed by atoms with Gasteiger partial charge >= 0.3 is 0 Å². The van der Waals surface area contributed by atoms with E-state index in [4.69, 9.17) is 10.1 Å². The molecular formula is C9H9NO2. The van der Waals surface area contributed by atoms with Gasteiger partial charge in [0.2, 0.25) is 5.90 Å². The Kier molecular flexibility index (Phi) is 2.58. The molecule has 0 heterocycles. The molecule has 1 N–H and O–H groups in total. The van der Waals surface area contributed by atoms with Crippen LogP contribution in [0.2, 0.25) is 0 Å². The molecule has 62 valence electrons. The number of benzene rings is 1. The molecule has 0 saturated carbocycles. The van der Waals surface area contributed by atoms with E-state index in [1.165, 1.54) is 7.11 Å². The summed E-state index contributed by atoms with van der Waals surface area (Å²) >= 11 is 0. The molecule has 0 atom stereocenters. The Balaban J connectivity index is 3.01. The van der Waals surface area contributed by atoms with Crippen molar-refractivity contribution in [3.63, 3.8) is 0 Å². The van der Waals surface area contributed by atoms with Crippen LogP contribution in [0.5, 0.6) is 0 Å². The van der Waals surface area contributed by atoms with Crippen LogP contribution in [-0.2, 0) is 4.74 Å². The van der Waals surface area contributed by atoms with Crippen LogP contribution in [0.15, 0.2) is 24.3 Å². The molecule has 0 aliphatic carbocycles. The number of rotatable bonds is 2. The summed E-state index contributed by atoms with van der Waals surface area (Å²) in [7, 11) is 1.43. The first kappa shape index (κ1) is 8.46. The summed E-state index contributed by atoms with van der Waals surface area (Å²) in [6.45, 7) is 0. The van der Waals surface area contributed by atoms with Gasteiger partial charge in [-0.25, -0.2) is 0 Å². The van der Waals surface area contributed by atoms with Crippen LogP contribution in [0.4, 0.5) is 0 Å². The molecule has 3 nitrogen and oxygen atoms in total. The van der Waals surface area contributed by atoms with Gasteiger partial charge in [0.1, 0.15) is 6.29 Å². The van der Waals surface area contributed by atoms with Crippen molar-refractivity contribution in [2.45, 2.75) is 0 Å². The Morgan fingerprint density at radius 2 is 2.33 bits per heavy atom. The first-order chi connectivity index (χ1) is 5.77. The highest BCUT2D eigenvalue weighted by Gasteiger charge is 2.00. The summed E-state index contributed by atoms with van der Waals surface area (Å²) < 4.78 is 4.70. The van der Waals surface area contributed by atoms with E-state index in [1.54, 1.807) is 24.3 Å². The Morgan fingerprint density at radius 1 is 1.58 bits per heavy atom. The zero-order valence-corrected chi connectivity index (χ0v) is 6.70. The van der Waals surface area contributed by atoms with Crippen LogP contribution in [-0.4, -0.2) is 19.3 Å². The molecule has 0 fully saturated rings. The Bertz CT molecular complexity index is 307. The SMILES string of the molecule is COC(=N)c1cccc(C=O)c1. The minimum atomic E-state index is 0.0682. The third-order valence-electron chi connectivity index (χ3n) is 1.49. The summed E-state index contributed by atoms with van der Waals surface area (Å²) in [6.07, 6.45) is 0.742. The quantitative estimate of drug-likeness (QED) is 0.407. The predicted molar refractivity (Wildman–Crippen MR) is 45.7 cm³/mol. The molecule has 0 bridgehead atoms. The first-order valence-electron chi connectivity index (χ1n) is 3.46. The van der Waals surface area contributed by atoms with Crippen molar-refractivity contribution < 1.29 is 9.53 Å². The fourth-order valence-electron chi connectivity index (χ4n) is 0.871. The van der Waals surface area contributed by atoms with Gasteiger partial charge in [-0.05, 0) is 12.1 Å². The lowest BCUT2D eigenvalue weighted by Crippen LogP contribution is -2.01. The second-order valence-electron chi connectivity index (χ2n) is 2.28. The summed E-state index contributed by atoms with van der Waals surface area (Å²) in [5.41, 5.74) is 1.16. The van der Waals surface area contributed by atoms with E-state index >= 15 is 0 Å². The molecule has 0 radical (unpaired) electrons. The average molecular weight is 163 g/mol. The molecule has 0 spiro atoms. The lowest BCUT2D eigenvalue weighted by Gasteiger charge is -2.01. The summed E-state index contributed by atoms with van der Waals surface area (Å²) in [5.74, 6) is 0.0682. The van der Waals surface area contributed by atoms with E-state index in [0.717, 1.165) is 6.29 Å². The van der Waals surface area contributed by atoms with Crippen LogP contribution in [0.25, 0.3) is 0 Å².